The van der Waals surface area contributed by atoms with Crippen molar-refractivity contribution < 1.29 is 0 Å². The number of hydrogen-bond acceptors (Lipinski definition) is 2. The van der Waals surface area contributed by atoms with E-state index < -0.39 is 0 Å². The Bertz CT molecular complexity index is 569. The second kappa shape index (κ2) is 3.62. The molecular formula is C14H17N3. The minimum Gasteiger partial charge on any atom is -0.396 e. The minimum atomic E-state index is 0.601. The van der Waals surface area contributed by atoms with Gasteiger partial charge in [0.2, 0.25) is 0 Å². The number of aromatic nitrogens is 2. The van der Waals surface area contributed by atoms with E-state index in [9.17, 15) is 0 Å². The number of rotatable bonds is 2. The van der Waals surface area contributed by atoms with Crippen LogP contribution in [0.5, 0.6) is 0 Å². The maximum Gasteiger partial charge on any atom is 0.0825 e. The molecule has 0 aliphatic heterocycles. The number of nitrogens with two attached hydrogens (primary N) is 1. The number of anilines is 1. The summed E-state index contributed by atoms with van der Waals surface area (Å²) in [4.78, 5) is 0. The highest BCUT2D eigenvalue weighted by Crippen LogP contribution is 2.36. The Labute approximate surface area is 101 Å². The molecule has 0 saturated heterocycles. The van der Waals surface area contributed by atoms with Gasteiger partial charge < -0.3 is 5.73 Å². The van der Waals surface area contributed by atoms with E-state index in [2.05, 4.69) is 29.4 Å². The highest BCUT2D eigenvalue weighted by atomic mass is 15.3. The number of aryl methyl sites for hydroxylation is 1. The molecule has 88 valence electrons. The van der Waals surface area contributed by atoms with Crippen molar-refractivity contribution in [1.82, 2.24) is 9.78 Å². The number of benzene rings is 1. The molecule has 2 N–H and O–H groups in total. The van der Waals surface area contributed by atoms with Gasteiger partial charge in [-0.1, -0.05) is 24.3 Å². The summed E-state index contributed by atoms with van der Waals surface area (Å²) in [6, 6.07) is 8.65. The van der Waals surface area contributed by atoms with E-state index >= 15 is 0 Å². The molecule has 3 nitrogen and oxygen atoms in total. The van der Waals surface area contributed by atoms with E-state index in [4.69, 9.17) is 5.73 Å². The third-order valence-corrected chi connectivity index (χ3v) is 3.79. The SMILES string of the molecule is Cc1nn(CC2Cc3ccccc32)c(C)c1N. The zero-order chi connectivity index (χ0) is 12.0. The first-order chi connectivity index (χ1) is 8.16. The second-order valence-corrected chi connectivity index (χ2v) is 4.87. The Balaban J connectivity index is 1.84. The molecule has 3 heteroatoms. The topological polar surface area (TPSA) is 43.8 Å². The third-order valence-electron chi connectivity index (χ3n) is 3.79. The largest absolute Gasteiger partial charge is 0.396 e. The smallest absolute Gasteiger partial charge is 0.0825 e. The van der Waals surface area contributed by atoms with Crippen molar-refractivity contribution in [3.63, 3.8) is 0 Å². The van der Waals surface area contributed by atoms with E-state index in [1.54, 1.807) is 0 Å². The number of nitrogen functional groups attached to an aromatic ring is 1. The summed E-state index contributed by atoms with van der Waals surface area (Å²) in [5, 5.41) is 4.50. The van der Waals surface area contributed by atoms with E-state index in [-0.39, 0.29) is 0 Å². The number of nitrogens with zero attached hydrogens (tertiary/aromatic N) is 2. The van der Waals surface area contributed by atoms with Crippen molar-refractivity contribution in [2.24, 2.45) is 0 Å². The summed E-state index contributed by atoms with van der Waals surface area (Å²) in [6.45, 7) is 4.95. The zero-order valence-electron chi connectivity index (χ0n) is 10.3. The van der Waals surface area contributed by atoms with Crippen LogP contribution < -0.4 is 5.73 Å². The summed E-state index contributed by atoms with van der Waals surface area (Å²) in [5.74, 6) is 0.601. The van der Waals surface area contributed by atoms with Gasteiger partial charge in [0.05, 0.1) is 17.1 Å². The van der Waals surface area contributed by atoms with Crippen molar-refractivity contribution >= 4 is 5.69 Å². The normalized spacial score (nSPS) is 17.6. The van der Waals surface area contributed by atoms with Crippen molar-refractivity contribution in [1.29, 1.82) is 0 Å². The highest BCUT2D eigenvalue weighted by molar-refractivity contribution is 5.47. The molecule has 0 spiro atoms. The van der Waals surface area contributed by atoms with Crippen LogP contribution in [0.3, 0.4) is 0 Å². The zero-order valence-corrected chi connectivity index (χ0v) is 10.3. The molecule has 0 bridgehead atoms. The van der Waals surface area contributed by atoms with Gasteiger partial charge in [-0.25, -0.2) is 0 Å². The lowest BCUT2D eigenvalue weighted by molar-refractivity contribution is 0.466. The Morgan fingerprint density at radius 3 is 2.76 bits per heavy atom. The molecule has 0 fully saturated rings. The molecule has 1 aliphatic carbocycles. The van der Waals surface area contributed by atoms with Crippen LogP contribution >= 0.6 is 0 Å². The van der Waals surface area contributed by atoms with Crippen LogP contribution in [0.2, 0.25) is 0 Å². The van der Waals surface area contributed by atoms with Gasteiger partial charge in [0.15, 0.2) is 0 Å². The molecule has 3 rings (SSSR count). The van der Waals surface area contributed by atoms with E-state index in [0.29, 0.717) is 5.92 Å². The van der Waals surface area contributed by atoms with Crippen molar-refractivity contribution in [2.45, 2.75) is 32.7 Å². The summed E-state index contributed by atoms with van der Waals surface area (Å²) < 4.78 is 2.05. The van der Waals surface area contributed by atoms with Gasteiger partial charge in [0.1, 0.15) is 0 Å². The Kier molecular flexibility index (Phi) is 2.21. The molecule has 0 radical (unpaired) electrons. The maximum atomic E-state index is 5.95. The Morgan fingerprint density at radius 1 is 1.35 bits per heavy atom. The number of hydrogen-bond donors (Lipinski definition) is 1. The molecule has 1 unspecified atom stereocenters. The third kappa shape index (κ3) is 1.54. The van der Waals surface area contributed by atoms with Crippen LogP contribution in [0.1, 0.15) is 28.4 Å². The van der Waals surface area contributed by atoms with Crippen LogP contribution in [-0.2, 0) is 13.0 Å². The predicted molar refractivity (Wildman–Crippen MR) is 69.0 cm³/mol. The lowest BCUT2D eigenvalue weighted by Gasteiger charge is -2.30. The van der Waals surface area contributed by atoms with Crippen LogP contribution in [0.25, 0.3) is 0 Å². The van der Waals surface area contributed by atoms with Crippen LogP contribution in [-0.4, -0.2) is 9.78 Å². The van der Waals surface area contributed by atoms with Crippen molar-refractivity contribution in [2.75, 3.05) is 5.73 Å². The molecule has 1 aromatic heterocycles. The van der Waals surface area contributed by atoms with Crippen molar-refractivity contribution in [3.05, 3.63) is 46.8 Å². The first-order valence-corrected chi connectivity index (χ1v) is 6.04. The van der Waals surface area contributed by atoms with Crippen molar-refractivity contribution in [3.8, 4) is 0 Å². The maximum absolute atomic E-state index is 5.95. The fourth-order valence-corrected chi connectivity index (χ4v) is 2.62. The van der Waals surface area contributed by atoms with Gasteiger partial charge in [-0.3, -0.25) is 4.68 Å². The average molecular weight is 227 g/mol. The van der Waals surface area contributed by atoms with Gasteiger partial charge in [-0.05, 0) is 31.4 Å². The minimum absolute atomic E-state index is 0.601. The molecule has 0 amide bonds. The molecule has 17 heavy (non-hydrogen) atoms. The lowest BCUT2D eigenvalue weighted by atomic mass is 9.77. The summed E-state index contributed by atoms with van der Waals surface area (Å²) in [5.41, 5.74) is 11.8. The Morgan fingerprint density at radius 2 is 2.12 bits per heavy atom. The first kappa shape index (κ1) is 10.4. The van der Waals surface area contributed by atoms with Crippen LogP contribution in [0, 0.1) is 13.8 Å². The summed E-state index contributed by atoms with van der Waals surface area (Å²) >= 11 is 0. The lowest BCUT2D eigenvalue weighted by Crippen LogP contribution is -2.23. The van der Waals surface area contributed by atoms with Gasteiger partial charge >= 0.3 is 0 Å². The summed E-state index contributed by atoms with van der Waals surface area (Å²) in [6.07, 6.45) is 1.16. The highest BCUT2D eigenvalue weighted by Gasteiger charge is 2.26. The van der Waals surface area contributed by atoms with Gasteiger partial charge in [-0.15, -0.1) is 0 Å². The molecular weight excluding hydrogens is 210 g/mol. The number of fused-ring (bicyclic) bond motifs is 1. The van der Waals surface area contributed by atoms with Crippen LogP contribution in [0.4, 0.5) is 5.69 Å². The van der Waals surface area contributed by atoms with Gasteiger partial charge in [0, 0.05) is 12.5 Å². The fraction of sp³-hybridized carbons (Fsp3) is 0.357. The van der Waals surface area contributed by atoms with Crippen LogP contribution in [0.15, 0.2) is 24.3 Å². The quantitative estimate of drug-likeness (QED) is 0.856. The monoisotopic (exact) mass is 227 g/mol. The molecule has 1 heterocycles. The standard InChI is InChI=1S/C14H17N3/c1-9-14(15)10(2)17(16-9)8-12-7-11-5-3-4-6-13(11)12/h3-6,12H,7-8,15H2,1-2H3. The molecule has 2 aromatic rings. The van der Waals surface area contributed by atoms with Gasteiger partial charge in [0.25, 0.3) is 0 Å². The Hall–Kier alpha value is -1.77. The van der Waals surface area contributed by atoms with E-state index in [1.165, 1.54) is 11.1 Å². The van der Waals surface area contributed by atoms with E-state index in [0.717, 1.165) is 30.0 Å². The average Bonchev–Trinajstić information content (AvgIpc) is 2.54. The molecule has 1 atom stereocenters. The van der Waals surface area contributed by atoms with E-state index in [1.807, 2.05) is 18.5 Å². The molecule has 0 saturated carbocycles. The second-order valence-electron chi connectivity index (χ2n) is 4.87. The first-order valence-electron chi connectivity index (χ1n) is 6.04. The molecule has 1 aliphatic rings. The van der Waals surface area contributed by atoms with Gasteiger partial charge in [-0.2, -0.15) is 5.10 Å². The molecule has 1 aromatic carbocycles. The summed E-state index contributed by atoms with van der Waals surface area (Å²) in [7, 11) is 0. The predicted octanol–water partition coefficient (Wildman–Crippen LogP) is 2.42. The fourth-order valence-electron chi connectivity index (χ4n) is 2.62.